The Hall–Kier alpha value is -2.79. The van der Waals surface area contributed by atoms with Crippen molar-refractivity contribution in [2.45, 2.75) is 32.1 Å². The summed E-state index contributed by atoms with van der Waals surface area (Å²) in [6, 6.07) is 5.30. The van der Waals surface area contributed by atoms with E-state index in [-0.39, 0.29) is 24.1 Å². The lowest BCUT2D eigenvalue weighted by molar-refractivity contribution is -0.113. The lowest BCUT2D eigenvalue weighted by Crippen LogP contribution is -2.24. The molecule has 1 aromatic carbocycles. The van der Waals surface area contributed by atoms with Gasteiger partial charge in [0.05, 0.1) is 18.0 Å². The standard InChI is InChI=1S/C18H19FN6O2S2/c1-3-25-14(8-20-16(27)12-4-6-13(19)7-5-12)23-24-18(25)29-10-15(26)22-17-21-11(2)9-28-17/h4-7,9H,3,8,10H2,1-2H3,(H,20,27)(H,21,22,26). The molecule has 3 rings (SSSR count). The van der Waals surface area contributed by atoms with E-state index < -0.39 is 5.82 Å². The molecule has 2 amide bonds. The van der Waals surface area contributed by atoms with E-state index in [0.29, 0.717) is 28.2 Å². The third-order valence-electron chi connectivity index (χ3n) is 3.82. The van der Waals surface area contributed by atoms with Crippen molar-refractivity contribution in [1.29, 1.82) is 0 Å². The molecule has 0 saturated heterocycles. The fourth-order valence-electron chi connectivity index (χ4n) is 2.43. The van der Waals surface area contributed by atoms with E-state index in [4.69, 9.17) is 0 Å². The highest BCUT2D eigenvalue weighted by atomic mass is 32.2. The summed E-state index contributed by atoms with van der Waals surface area (Å²) in [5, 5.41) is 16.7. The Morgan fingerprint density at radius 1 is 1.24 bits per heavy atom. The first-order valence-electron chi connectivity index (χ1n) is 8.77. The molecule has 11 heteroatoms. The Bertz CT molecular complexity index is 1000. The smallest absolute Gasteiger partial charge is 0.251 e. The first-order valence-corrected chi connectivity index (χ1v) is 10.6. The molecule has 0 bridgehead atoms. The van der Waals surface area contributed by atoms with E-state index in [1.54, 1.807) is 0 Å². The summed E-state index contributed by atoms with van der Waals surface area (Å²) in [5.41, 5.74) is 1.22. The number of carbonyl (C=O) groups is 2. The molecule has 0 unspecified atom stereocenters. The number of thioether (sulfide) groups is 1. The van der Waals surface area contributed by atoms with Gasteiger partial charge in [-0.15, -0.1) is 21.5 Å². The number of aryl methyl sites for hydroxylation is 1. The molecule has 0 spiro atoms. The van der Waals surface area contributed by atoms with Crippen LogP contribution >= 0.6 is 23.1 Å². The van der Waals surface area contributed by atoms with Gasteiger partial charge in [0.25, 0.3) is 5.91 Å². The Labute approximate surface area is 174 Å². The van der Waals surface area contributed by atoms with Crippen LogP contribution in [0.25, 0.3) is 0 Å². The number of thiazole rings is 1. The summed E-state index contributed by atoms with van der Waals surface area (Å²) in [7, 11) is 0. The number of aromatic nitrogens is 4. The Kier molecular flexibility index (Phi) is 6.94. The van der Waals surface area contributed by atoms with E-state index in [0.717, 1.165) is 5.69 Å². The number of nitrogens with one attached hydrogen (secondary N) is 2. The average molecular weight is 435 g/mol. The molecular formula is C18H19FN6O2S2. The molecule has 8 nitrogen and oxygen atoms in total. The molecule has 2 aromatic heterocycles. The zero-order chi connectivity index (χ0) is 20.8. The van der Waals surface area contributed by atoms with Crippen LogP contribution in [0.2, 0.25) is 0 Å². The summed E-state index contributed by atoms with van der Waals surface area (Å²) >= 11 is 2.63. The third-order valence-corrected chi connectivity index (χ3v) is 5.66. The Morgan fingerprint density at radius 2 is 2.00 bits per heavy atom. The second-order valence-corrected chi connectivity index (χ2v) is 7.76. The fourth-order valence-corrected chi connectivity index (χ4v) is 3.96. The first kappa shape index (κ1) is 20.9. The van der Waals surface area contributed by atoms with E-state index >= 15 is 0 Å². The van der Waals surface area contributed by atoms with E-state index in [9.17, 15) is 14.0 Å². The van der Waals surface area contributed by atoms with Crippen molar-refractivity contribution in [2.75, 3.05) is 11.1 Å². The lowest BCUT2D eigenvalue weighted by atomic mass is 10.2. The van der Waals surface area contributed by atoms with Crippen LogP contribution in [0, 0.1) is 12.7 Å². The van der Waals surface area contributed by atoms with Crippen LogP contribution in [-0.4, -0.2) is 37.3 Å². The molecule has 0 atom stereocenters. The molecule has 0 aliphatic heterocycles. The van der Waals surface area contributed by atoms with Crippen molar-refractivity contribution < 1.29 is 14.0 Å². The molecule has 0 saturated carbocycles. The highest BCUT2D eigenvalue weighted by Crippen LogP contribution is 2.19. The summed E-state index contributed by atoms with van der Waals surface area (Å²) in [6.45, 7) is 4.55. The number of benzene rings is 1. The molecule has 3 aromatic rings. The topological polar surface area (TPSA) is 102 Å². The molecule has 0 aliphatic carbocycles. The molecule has 2 heterocycles. The Morgan fingerprint density at radius 3 is 2.66 bits per heavy atom. The largest absolute Gasteiger partial charge is 0.345 e. The van der Waals surface area contributed by atoms with Gasteiger partial charge in [0, 0.05) is 17.5 Å². The average Bonchev–Trinajstić information content (AvgIpc) is 3.30. The predicted octanol–water partition coefficient (Wildman–Crippen LogP) is 2.86. The van der Waals surface area contributed by atoms with Gasteiger partial charge in [-0.25, -0.2) is 9.37 Å². The van der Waals surface area contributed by atoms with Crippen LogP contribution in [0.3, 0.4) is 0 Å². The number of hydrogen-bond donors (Lipinski definition) is 2. The fraction of sp³-hybridized carbons (Fsp3) is 0.278. The molecule has 29 heavy (non-hydrogen) atoms. The summed E-state index contributed by atoms with van der Waals surface area (Å²) in [5.74, 6) is -0.174. The van der Waals surface area contributed by atoms with Gasteiger partial charge in [-0.1, -0.05) is 11.8 Å². The number of carbonyl (C=O) groups excluding carboxylic acids is 2. The van der Waals surface area contributed by atoms with Gasteiger partial charge in [0.2, 0.25) is 5.91 Å². The number of amides is 2. The quantitative estimate of drug-likeness (QED) is 0.529. The third kappa shape index (κ3) is 5.61. The summed E-state index contributed by atoms with van der Waals surface area (Å²) in [6.07, 6.45) is 0. The minimum atomic E-state index is -0.400. The number of nitrogens with zero attached hydrogens (tertiary/aromatic N) is 4. The maximum atomic E-state index is 13.0. The number of hydrogen-bond acceptors (Lipinski definition) is 7. The van der Waals surface area contributed by atoms with Crippen LogP contribution < -0.4 is 10.6 Å². The van der Waals surface area contributed by atoms with Gasteiger partial charge < -0.3 is 15.2 Å². The maximum Gasteiger partial charge on any atom is 0.251 e. The first-order chi connectivity index (χ1) is 14.0. The van der Waals surface area contributed by atoms with Crippen molar-refractivity contribution in [3.8, 4) is 0 Å². The van der Waals surface area contributed by atoms with Crippen molar-refractivity contribution in [3.05, 3.63) is 52.5 Å². The van der Waals surface area contributed by atoms with Crippen molar-refractivity contribution >= 4 is 40.0 Å². The van der Waals surface area contributed by atoms with Gasteiger partial charge in [-0.2, -0.15) is 0 Å². The van der Waals surface area contributed by atoms with Gasteiger partial charge in [-0.3, -0.25) is 9.59 Å². The van der Waals surface area contributed by atoms with Crippen molar-refractivity contribution in [2.24, 2.45) is 0 Å². The van der Waals surface area contributed by atoms with Gasteiger partial charge in [0.15, 0.2) is 16.1 Å². The van der Waals surface area contributed by atoms with E-state index in [2.05, 4.69) is 25.8 Å². The summed E-state index contributed by atoms with van der Waals surface area (Å²) < 4.78 is 14.8. The SMILES string of the molecule is CCn1c(CNC(=O)c2ccc(F)cc2)nnc1SCC(=O)Nc1nc(C)cs1. The molecule has 152 valence electrons. The maximum absolute atomic E-state index is 13.0. The minimum absolute atomic E-state index is 0.165. The monoisotopic (exact) mass is 434 g/mol. The van der Waals surface area contributed by atoms with Crippen molar-refractivity contribution in [1.82, 2.24) is 25.1 Å². The second-order valence-electron chi connectivity index (χ2n) is 5.96. The zero-order valence-electron chi connectivity index (χ0n) is 15.8. The van der Waals surface area contributed by atoms with Crippen molar-refractivity contribution in [3.63, 3.8) is 0 Å². The van der Waals surface area contributed by atoms with Crippen LogP contribution in [0.4, 0.5) is 9.52 Å². The van der Waals surface area contributed by atoms with Gasteiger partial charge in [0.1, 0.15) is 5.82 Å². The van der Waals surface area contributed by atoms with Gasteiger partial charge >= 0.3 is 0 Å². The predicted molar refractivity (Wildman–Crippen MR) is 109 cm³/mol. The van der Waals surface area contributed by atoms with Crippen LogP contribution in [0.15, 0.2) is 34.8 Å². The molecule has 0 radical (unpaired) electrons. The number of rotatable bonds is 8. The molecule has 2 N–H and O–H groups in total. The minimum Gasteiger partial charge on any atom is -0.345 e. The molecule has 0 fully saturated rings. The summed E-state index contributed by atoms with van der Waals surface area (Å²) in [4.78, 5) is 28.5. The number of anilines is 1. The number of halogens is 1. The van der Waals surface area contributed by atoms with Crippen LogP contribution in [-0.2, 0) is 17.9 Å². The lowest BCUT2D eigenvalue weighted by Gasteiger charge is -2.08. The molecular weight excluding hydrogens is 415 g/mol. The van der Waals surface area contributed by atoms with E-state index in [1.807, 2.05) is 23.8 Å². The molecule has 0 aliphatic rings. The Balaban J connectivity index is 1.55. The van der Waals surface area contributed by atoms with E-state index in [1.165, 1.54) is 47.4 Å². The highest BCUT2D eigenvalue weighted by Gasteiger charge is 2.15. The highest BCUT2D eigenvalue weighted by molar-refractivity contribution is 7.99. The normalized spacial score (nSPS) is 10.7. The second kappa shape index (κ2) is 9.61. The van der Waals surface area contributed by atoms with Crippen LogP contribution in [0.5, 0.6) is 0 Å². The van der Waals surface area contributed by atoms with Crippen LogP contribution in [0.1, 0.15) is 28.8 Å². The van der Waals surface area contributed by atoms with Gasteiger partial charge in [-0.05, 0) is 38.1 Å². The zero-order valence-corrected chi connectivity index (χ0v) is 17.4.